The first kappa shape index (κ1) is 15.9. The highest BCUT2D eigenvalue weighted by atomic mass is 31.1. The molecule has 0 aliphatic heterocycles. The van der Waals surface area contributed by atoms with E-state index in [4.69, 9.17) is 0 Å². The predicted molar refractivity (Wildman–Crippen MR) is 97.6 cm³/mol. The molecule has 3 rings (SSSR count). The van der Waals surface area contributed by atoms with Crippen molar-refractivity contribution in [2.45, 2.75) is 39.5 Å². The molecule has 120 valence electrons. The average molecular weight is 326 g/mol. The summed E-state index contributed by atoms with van der Waals surface area (Å²) >= 11 is 0. The van der Waals surface area contributed by atoms with Gasteiger partial charge in [-0.3, -0.25) is 0 Å². The molecule has 0 saturated carbocycles. The summed E-state index contributed by atoms with van der Waals surface area (Å²) in [6, 6.07) is 10.6. The third-order valence-corrected chi connectivity index (χ3v) is 5.99. The highest BCUT2D eigenvalue weighted by Crippen LogP contribution is 2.31. The lowest BCUT2D eigenvalue weighted by molar-refractivity contribution is 0.795. The number of benzene rings is 1. The minimum atomic E-state index is -0.690. The van der Waals surface area contributed by atoms with Crippen LogP contribution in [0.2, 0.25) is 0 Å². The van der Waals surface area contributed by atoms with Crippen LogP contribution < -0.4 is 16.2 Å². The Morgan fingerprint density at radius 3 is 1.65 bits per heavy atom. The molecule has 3 aromatic rings. The Bertz CT molecular complexity index is 712. The van der Waals surface area contributed by atoms with Gasteiger partial charge in [0.25, 0.3) is 0 Å². The summed E-state index contributed by atoms with van der Waals surface area (Å²) in [4.78, 5) is 16.1. The maximum atomic E-state index is 4.56. The van der Waals surface area contributed by atoms with Gasteiger partial charge in [-0.25, -0.2) is 9.97 Å². The Kier molecular flexibility index (Phi) is 4.63. The number of nitrogens with one attached hydrogen (secondary N) is 2. The molecule has 4 nitrogen and oxygen atoms in total. The van der Waals surface area contributed by atoms with Crippen molar-refractivity contribution in [1.82, 2.24) is 19.9 Å². The molecule has 5 heteroatoms. The minimum Gasteiger partial charge on any atom is -0.341 e. The Morgan fingerprint density at radius 1 is 0.783 bits per heavy atom. The highest BCUT2D eigenvalue weighted by Gasteiger charge is 2.22. The van der Waals surface area contributed by atoms with Crippen LogP contribution in [-0.2, 0) is 0 Å². The zero-order valence-corrected chi connectivity index (χ0v) is 14.9. The van der Waals surface area contributed by atoms with E-state index in [0.717, 1.165) is 22.5 Å². The predicted octanol–water partition coefficient (Wildman–Crippen LogP) is 3.14. The van der Waals surface area contributed by atoms with Crippen LogP contribution >= 0.6 is 7.92 Å². The number of rotatable bonds is 5. The quantitative estimate of drug-likeness (QED) is 0.708. The molecule has 0 unspecified atom stereocenters. The summed E-state index contributed by atoms with van der Waals surface area (Å²) in [7, 11) is -0.690. The smallest absolute Gasteiger partial charge is 0.109 e. The van der Waals surface area contributed by atoms with E-state index in [1.54, 1.807) is 0 Å². The lowest BCUT2D eigenvalue weighted by atomic mass is 10.2. The van der Waals surface area contributed by atoms with Crippen molar-refractivity contribution in [1.29, 1.82) is 0 Å². The van der Waals surface area contributed by atoms with Crippen LogP contribution in [0.4, 0.5) is 0 Å². The molecule has 2 N–H and O–H groups in total. The van der Waals surface area contributed by atoms with Crippen LogP contribution in [0.15, 0.2) is 42.7 Å². The number of aromatic amines is 2. The summed E-state index contributed by atoms with van der Waals surface area (Å²) in [6.45, 7) is 8.61. The summed E-state index contributed by atoms with van der Waals surface area (Å²) in [5, 5.41) is 1.29. The summed E-state index contributed by atoms with van der Waals surface area (Å²) in [5.74, 6) is 2.85. The standard InChI is InChI=1S/C18H23N4P/c1-12(2)17-19-10-15(21-17)23(14-8-6-5-7-9-14)16-11-20-18(22-16)13(3)4/h5-13H,1-4H3,(H,19,21)(H,20,22). The molecule has 2 aromatic heterocycles. The number of aromatic nitrogens is 4. The molecule has 1 aromatic carbocycles. The van der Waals surface area contributed by atoms with E-state index in [9.17, 15) is 0 Å². The largest absolute Gasteiger partial charge is 0.341 e. The third-order valence-electron chi connectivity index (χ3n) is 3.75. The molecule has 0 radical (unpaired) electrons. The van der Waals surface area contributed by atoms with E-state index in [1.165, 1.54) is 5.30 Å². The number of hydrogen-bond acceptors (Lipinski definition) is 2. The number of imidazole rings is 2. The van der Waals surface area contributed by atoms with Gasteiger partial charge in [0.05, 0.1) is 23.3 Å². The normalized spacial score (nSPS) is 11.8. The first-order valence-electron chi connectivity index (χ1n) is 8.01. The summed E-state index contributed by atoms with van der Waals surface area (Å²) in [6.07, 6.45) is 3.95. The second kappa shape index (κ2) is 6.67. The lowest BCUT2D eigenvalue weighted by Crippen LogP contribution is -2.22. The van der Waals surface area contributed by atoms with Gasteiger partial charge in [0.15, 0.2) is 0 Å². The second-order valence-electron chi connectivity index (χ2n) is 6.29. The first-order chi connectivity index (χ1) is 11.1. The van der Waals surface area contributed by atoms with Crippen molar-refractivity contribution in [2.75, 3.05) is 0 Å². The van der Waals surface area contributed by atoms with Gasteiger partial charge in [0, 0.05) is 19.8 Å². The maximum absolute atomic E-state index is 4.56. The zero-order valence-electron chi connectivity index (χ0n) is 14.0. The molecule has 0 saturated heterocycles. The van der Waals surface area contributed by atoms with Gasteiger partial charge in [-0.2, -0.15) is 0 Å². The molecular weight excluding hydrogens is 303 g/mol. The molecule has 0 bridgehead atoms. The van der Waals surface area contributed by atoms with Crippen LogP contribution in [-0.4, -0.2) is 19.9 Å². The van der Waals surface area contributed by atoms with Crippen molar-refractivity contribution in [3.8, 4) is 0 Å². The Morgan fingerprint density at radius 2 is 1.26 bits per heavy atom. The van der Waals surface area contributed by atoms with Gasteiger partial charge in [-0.05, 0) is 5.30 Å². The summed E-state index contributed by atoms with van der Waals surface area (Å²) < 4.78 is 0. The van der Waals surface area contributed by atoms with Crippen molar-refractivity contribution in [3.05, 3.63) is 54.4 Å². The van der Waals surface area contributed by atoms with E-state index in [1.807, 2.05) is 12.4 Å². The third kappa shape index (κ3) is 3.37. The van der Waals surface area contributed by atoms with E-state index in [-0.39, 0.29) is 0 Å². The van der Waals surface area contributed by atoms with E-state index in [2.05, 4.69) is 78.0 Å². The monoisotopic (exact) mass is 326 g/mol. The zero-order chi connectivity index (χ0) is 16.4. The van der Waals surface area contributed by atoms with Gasteiger partial charge < -0.3 is 9.97 Å². The molecule has 0 amide bonds. The molecule has 0 aliphatic rings. The van der Waals surface area contributed by atoms with Gasteiger partial charge in [-0.15, -0.1) is 0 Å². The van der Waals surface area contributed by atoms with Gasteiger partial charge in [0.2, 0.25) is 0 Å². The highest BCUT2D eigenvalue weighted by molar-refractivity contribution is 7.79. The molecule has 0 atom stereocenters. The Hall–Kier alpha value is -1.93. The van der Waals surface area contributed by atoms with Crippen molar-refractivity contribution in [3.63, 3.8) is 0 Å². The molecule has 0 fully saturated rings. The van der Waals surface area contributed by atoms with Crippen molar-refractivity contribution < 1.29 is 0 Å². The van der Waals surface area contributed by atoms with Crippen molar-refractivity contribution >= 4 is 24.1 Å². The second-order valence-corrected chi connectivity index (χ2v) is 8.44. The van der Waals surface area contributed by atoms with Gasteiger partial charge in [-0.1, -0.05) is 58.0 Å². The fraction of sp³-hybridized carbons (Fsp3) is 0.333. The molecule has 2 heterocycles. The van der Waals surface area contributed by atoms with Gasteiger partial charge >= 0.3 is 0 Å². The Balaban J connectivity index is 2.06. The number of nitrogens with zero attached hydrogens (tertiary/aromatic N) is 2. The average Bonchev–Trinajstić information content (AvgIpc) is 3.19. The fourth-order valence-corrected chi connectivity index (χ4v) is 4.54. The Labute approximate surface area is 138 Å². The molecular formula is C18H23N4P. The van der Waals surface area contributed by atoms with Crippen LogP contribution in [0.25, 0.3) is 0 Å². The first-order valence-corrected chi connectivity index (χ1v) is 9.35. The number of H-pyrrole nitrogens is 2. The molecule has 0 spiro atoms. The van der Waals surface area contributed by atoms with Crippen LogP contribution in [0.5, 0.6) is 0 Å². The van der Waals surface area contributed by atoms with E-state index in [0.29, 0.717) is 11.8 Å². The topological polar surface area (TPSA) is 57.4 Å². The number of hydrogen-bond donors (Lipinski definition) is 2. The van der Waals surface area contributed by atoms with Crippen LogP contribution in [0, 0.1) is 0 Å². The molecule has 23 heavy (non-hydrogen) atoms. The molecule has 0 aliphatic carbocycles. The van der Waals surface area contributed by atoms with E-state index >= 15 is 0 Å². The minimum absolute atomic E-state index is 0.393. The van der Waals surface area contributed by atoms with Crippen LogP contribution in [0.3, 0.4) is 0 Å². The SMILES string of the molecule is CC(C)c1ncc(P(c2ccccc2)c2cnc(C(C)C)[nH]2)[nH]1. The lowest BCUT2D eigenvalue weighted by Gasteiger charge is -2.15. The van der Waals surface area contributed by atoms with Gasteiger partial charge in [0.1, 0.15) is 11.6 Å². The van der Waals surface area contributed by atoms with E-state index < -0.39 is 7.92 Å². The van der Waals surface area contributed by atoms with Crippen LogP contribution in [0.1, 0.15) is 51.2 Å². The fourth-order valence-electron chi connectivity index (χ4n) is 2.45. The summed E-state index contributed by atoms with van der Waals surface area (Å²) in [5.41, 5.74) is 2.32. The van der Waals surface area contributed by atoms with Crippen molar-refractivity contribution in [2.24, 2.45) is 0 Å². The maximum Gasteiger partial charge on any atom is 0.109 e.